The molecule has 1 heterocycles. The van der Waals surface area contributed by atoms with E-state index in [9.17, 15) is 0 Å². The van der Waals surface area contributed by atoms with E-state index in [-0.39, 0.29) is 0 Å². The number of hydrogen-bond donors (Lipinski definition) is 1. The second kappa shape index (κ2) is 8.05. The monoisotopic (exact) mass is 419 g/mol. The van der Waals surface area contributed by atoms with E-state index in [0.717, 1.165) is 39.0 Å². The Labute approximate surface area is 142 Å². The first-order valence-corrected chi connectivity index (χ1v) is 8.77. The normalized spacial score (nSPS) is 10.6. The Bertz CT molecular complexity index is 563. The molecule has 1 aromatic heterocycles. The lowest BCUT2D eigenvalue weighted by Gasteiger charge is -2.08. The summed E-state index contributed by atoms with van der Waals surface area (Å²) >= 11 is 9.83. The molecule has 0 bridgehead atoms. The first-order valence-electron chi connectivity index (χ1n) is 6.32. The third-order valence-electron chi connectivity index (χ3n) is 2.52. The Hall–Kier alpha value is -0.530. The third-order valence-corrected chi connectivity index (χ3v) is 4.57. The minimum absolute atomic E-state index is 0.749. The SMILES string of the molecule is CCCNc1nc(CSc2ccc(Cl)cc2)ncc1I. The quantitative estimate of drug-likeness (QED) is 0.536. The van der Waals surface area contributed by atoms with E-state index in [0.29, 0.717) is 0 Å². The summed E-state index contributed by atoms with van der Waals surface area (Å²) in [5.74, 6) is 2.51. The highest BCUT2D eigenvalue weighted by Gasteiger charge is 2.05. The van der Waals surface area contributed by atoms with Gasteiger partial charge in [0.15, 0.2) is 0 Å². The predicted molar refractivity (Wildman–Crippen MR) is 94.5 cm³/mol. The number of hydrogen-bond acceptors (Lipinski definition) is 4. The zero-order chi connectivity index (χ0) is 14.4. The zero-order valence-corrected chi connectivity index (χ0v) is 14.8. The summed E-state index contributed by atoms with van der Waals surface area (Å²) in [5, 5.41) is 4.08. The third kappa shape index (κ3) is 4.79. The molecular formula is C14H15ClIN3S. The van der Waals surface area contributed by atoms with Crippen LogP contribution in [0.15, 0.2) is 35.4 Å². The predicted octanol–water partition coefficient (Wildman–Crippen LogP) is 4.85. The largest absolute Gasteiger partial charge is 0.369 e. The molecule has 2 rings (SSSR count). The Kier molecular flexibility index (Phi) is 6.38. The molecule has 0 aliphatic carbocycles. The van der Waals surface area contributed by atoms with Crippen LogP contribution < -0.4 is 5.32 Å². The van der Waals surface area contributed by atoms with Gasteiger partial charge in [-0.25, -0.2) is 9.97 Å². The summed E-state index contributed by atoms with van der Waals surface area (Å²) in [6.07, 6.45) is 2.94. The number of benzene rings is 1. The minimum Gasteiger partial charge on any atom is -0.369 e. The van der Waals surface area contributed by atoms with Gasteiger partial charge >= 0.3 is 0 Å². The summed E-state index contributed by atoms with van der Waals surface area (Å²) in [6, 6.07) is 7.81. The maximum Gasteiger partial charge on any atom is 0.143 e. The molecule has 0 aliphatic rings. The van der Waals surface area contributed by atoms with E-state index in [1.807, 2.05) is 30.5 Å². The van der Waals surface area contributed by atoms with Crippen molar-refractivity contribution in [3.05, 3.63) is 44.9 Å². The van der Waals surface area contributed by atoms with Crippen molar-refractivity contribution in [1.82, 2.24) is 9.97 Å². The van der Waals surface area contributed by atoms with Crippen LogP contribution in [0.25, 0.3) is 0 Å². The van der Waals surface area contributed by atoms with Gasteiger partial charge in [0.25, 0.3) is 0 Å². The first kappa shape index (κ1) is 15.9. The van der Waals surface area contributed by atoms with Crippen LogP contribution in [0.2, 0.25) is 5.02 Å². The molecule has 106 valence electrons. The molecule has 0 spiro atoms. The van der Waals surface area contributed by atoms with Gasteiger partial charge in [0.05, 0.1) is 9.32 Å². The second-order valence-corrected chi connectivity index (χ2v) is 6.80. The summed E-state index contributed by atoms with van der Waals surface area (Å²) in [7, 11) is 0. The zero-order valence-electron chi connectivity index (χ0n) is 11.1. The van der Waals surface area contributed by atoms with Crippen LogP contribution in [0.4, 0.5) is 5.82 Å². The van der Waals surface area contributed by atoms with Gasteiger partial charge in [0, 0.05) is 22.7 Å². The average molecular weight is 420 g/mol. The van der Waals surface area contributed by atoms with Crippen molar-refractivity contribution in [2.75, 3.05) is 11.9 Å². The molecule has 1 aromatic carbocycles. The molecule has 1 N–H and O–H groups in total. The molecule has 0 atom stereocenters. The van der Waals surface area contributed by atoms with E-state index < -0.39 is 0 Å². The van der Waals surface area contributed by atoms with Gasteiger partial charge in [-0.3, -0.25) is 0 Å². The van der Waals surface area contributed by atoms with Crippen LogP contribution in [0, 0.1) is 3.57 Å². The van der Waals surface area contributed by atoms with Gasteiger partial charge < -0.3 is 5.32 Å². The maximum absolute atomic E-state index is 5.87. The Morgan fingerprint density at radius 1 is 1.30 bits per heavy atom. The fraction of sp³-hybridized carbons (Fsp3) is 0.286. The van der Waals surface area contributed by atoms with Gasteiger partial charge in [-0.2, -0.15) is 0 Å². The van der Waals surface area contributed by atoms with Crippen LogP contribution in [0.3, 0.4) is 0 Å². The number of aromatic nitrogens is 2. The lowest BCUT2D eigenvalue weighted by molar-refractivity contribution is 0.946. The lowest BCUT2D eigenvalue weighted by Crippen LogP contribution is -2.06. The lowest BCUT2D eigenvalue weighted by atomic mass is 10.4. The van der Waals surface area contributed by atoms with E-state index >= 15 is 0 Å². The highest BCUT2D eigenvalue weighted by Crippen LogP contribution is 2.24. The number of anilines is 1. The molecule has 0 aliphatic heterocycles. The molecule has 3 nitrogen and oxygen atoms in total. The number of halogens is 2. The van der Waals surface area contributed by atoms with Gasteiger partial charge in [-0.05, 0) is 53.3 Å². The maximum atomic E-state index is 5.87. The van der Waals surface area contributed by atoms with E-state index in [1.165, 1.54) is 4.90 Å². The average Bonchev–Trinajstić information content (AvgIpc) is 2.46. The molecule has 0 radical (unpaired) electrons. The number of rotatable bonds is 6. The molecule has 0 saturated heterocycles. The molecule has 20 heavy (non-hydrogen) atoms. The van der Waals surface area contributed by atoms with E-state index in [4.69, 9.17) is 11.6 Å². The van der Waals surface area contributed by atoms with Crippen molar-refractivity contribution in [1.29, 1.82) is 0 Å². The highest BCUT2D eigenvalue weighted by molar-refractivity contribution is 14.1. The van der Waals surface area contributed by atoms with Gasteiger partial charge in [-0.1, -0.05) is 18.5 Å². The summed E-state index contributed by atoms with van der Waals surface area (Å²) in [4.78, 5) is 10.1. The smallest absolute Gasteiger partial charge is 0.143 e. The molecular weight excluding hydrogens is 405 g/mol. The van der Waals surface area contributed by atoms with Gasteiger partial charge in [0.2, 0.25) is 0 Å². The Balaban J connectivity index is 2.00. The molecule has 0 saturated carbocycles. The second-order valence-electron chi connectivity index (χ2n) is 4.15. The van der Waals surface area contributed by atoms with Crippen molar-refractivity contribution in [3.8, 4) is 0 Å². The summed E-state index contributed by atoms with van der Waals surface area (Å²) in [5.41, 5.74) is 0. The number of thioether (sulfide) groups is 1. The van der Waals surface area contributed by atoms with Crippen molar-refractivity contribution >= 4 is 51.8 Å². The molecule has 0 unspecified atom stereocenters. The van der Waals surface area contributed by atoms with Crippen LogP contribution >= 0.6 is 46.0 Å². The molecule has 6 heteroatoms. The topological polar surface area (TPSA) is 37.8 Å². The van der Waals surface area contributed by atoms with Gasteiger partial charge in [0.1, 0.15) is 11.6 Å². The number of nitrogens with one attached hydrogen (secondary N) is 1. The first-order chi connectivity index (χ1) is 9.69. The van der Waals surface area contributed by atoms with Crippen molar-refractivity contribution in [2.24, 2.45) is 0 Å². The summed E-state index contributed by atoms with van der Waals surface area (Å²) < 4.78 is 1.05. The van der Waals surface area contributed by atoms with Crippen LogP contribution in [0.5, 0.6) is 0 Å². The van der Waals surface area contributed by atoms with Gasteiger partial charge in [-0.15, -0.1) is 11.8 Å². The Morgan fingerprint density at radius 3 is 2.75 bits per heavy atom. The standard InChI is InChI=1S/C14H15ClIN3S/c1-2-7-17-14-12(16)8-18-13(19-14)9-20-11-5-3-10(15)4-6-11/h3-6,8H,2,7,9H2,1H3,(H,17,18,19). The van der Waals surface area contributed by atoms with Crippen molar-refractivity contribution in [3.63, 3.8) is 0 Å². The summed E-state index contributed by atoms with van der Waals surface area (Å²) in [6.45, 7) is 3.06. The van der Waals surface area contributed by atoms with E-state index in [2.05, 4.69) is 44.8 Å². The van der Waals surface area contributed by atoms with E-state index in [1.54, 1.807) is 11.8 Å². The van der Waals surface area contributed by atoms with Crippen molar-refractivity contribution in [2.45, 2.75) is 24.0 Å². The molecule has 0 amide bonds. The number of nitrogens with zero attached hydrogens (tertiary/aromatic N) is 2. The Morgan fingerprint density at radius 2 is 2.05 bits per heavy atom. The van der Waals surface area contributed by atoms with Crippen LogP contribution in [-0.4, -0.2) is 16.5 Å². The fourth-order valence-electron chi connectivity index (χ4n) is 1.52. The minimum atomic E-state index is 0.749. The molecule has 2 aromatic rings. The van der Waals surface area contributed by atoms with Crippen LogP contribution in [-0.2, 0) is 5.75 Å². The molecule has 0 fully saturated rings. The van der Waals surface area contributed by atoms with Crippen molar-refractivity contribution < 1.29 is 0 Å². The fourth-order valence-corrected chi connectivity index (χ4v) is 2.86. The highest BCUT2D eigenvalue weighted by atomic mass is 127. The van der Waals surface area contributed by atoms with Crippen LogP contribution in [0.1, 0.15) is 19.2 Å².